The molecule has 0 aromatic heterocycles. The molecule has 0 atom stereocenters. The summed E-state index contributed by atoms with van der Waals surface area (Å²) in [6.07, 6.45) is 0. The maximum Gasteiger partial charge on any atom is 0.344 e. The van der Waals surface area contributed by atoms with Crippen LogP contribution in [0.4, 0.5) is 5.69 Å². The van der Waals surface area contributed by atoms with E-state index >= 15 is 0 Å². The Bertz CT molecular complexity index is 824. The third-order valence-electron chi connectivity index (χ3n) is 3.46. The number of carbonyl (C=O) groups excluding carboxylic acids is 2. The lowest BCUT2D eigenvalue weighted by Crippen LogP contribution is -2.24. The number of amides is 1. The standard InChI is InChI=1S/C19H20ClNO6/c1-12-4-6-16(17(8-12)25-3)26-11-19(23)27-10-18(22)21-14-9-13(20)5-7-15(14)24-2/h4-9H,10-11H2,1-3H3,(H,21,22). The number of nitrogens with one attached hydrogen (secondary N) is 1. The molecule has 0 heterocycles. The number of esters is 1. The molecular formula is C19H20ClNO6. The molecule has 27 heavy (non-hydrogen) atoms. The summed E-state index contributed by atoms with van der Waals surface area (Å²) in [6.45, 7) is 1.09. The Labute approximate surface area is 162 Å². The van der Waals surface area contributed by atoms with Crippen molar-refractivity contribution < 1.29 is 28.5 Å². The van der Waals surface area contributed by atoms with Crippen molar-refractivity contribution in [3.05, 3.63) is 47.0 Å². The topological polar surface area (TPSA) is 83.1 Å². The summed E-state index contributed by atoms with van der Waals surface area (Å²) in [5.41, 5.74) is 1.38. The Morgan fingerprint density at radius 3 is 2.37 bits per heavy atom. The summed E-state index contributed by atoms with van der Waals surface area (Å²) >= 11 is 5.90. The Morgan fingerprint density at radius 1 is 0.963 bits per heavy atom. The normalized spacial score (nSPS) is 10.1. The van der Waals surface area contributed by atoms with Crippen molar-refractivity contribution in [3.8, 4) is 17.2 Å². The van der Waals surface area contributed by atoms with Gasteiger partial charge in [0.2, 0.25) is 0 Å². The number of aryl methyl sites for hydroxylation is 1. The molecule has 2 rings (SSSR count). The number of hydrogen-bond acceptors (Lipinski definition) is 6. The molecule has 144 valence electrons. The van der Waals surface area contributed by atoms with E-state index in [9.17, 15) is 9.59 Å². The molecule has 1 N–H and O–H groups in total. The Morgan fingerprint density at radius 2 is 1.67 bits per heavy atom. The number of anilines is 1. The smallest absolute Gasteiger partial charge is 0.344 e. The average molecular weight is 394 g/mol. The minimum atomic E-state index is -0.689. The Balaban J connectivity index is 1.83. The van der Waals surface area contributed by atoms with E-state index in [1.165, 1.54) is 20.3 Å². The fourth-order valence-electron chi connectivity index (χ4n) is 2.18. The zero-order chi connectivity index (χ0) is 19.8. The number of methoxy groups -OCH3 is 2. The van der Waals surface area contributed by atoms with Gasteiger partial charge in [0.25, 0.3) is 5.91 Å². The van der Waals surface area contributed by atoms with Crippen LogP contribution in [-0.2, 0) is 14.3 Å². The number of benzene rings is 2. The Hall–Kier alpha value is -2.93. The zero-order valence-corrected chi connectivity index (χ0v) is 16.0. The van der Waals surface area contributed by atoms with Crippen LogP contribution in [0.25, 0.3) is 0 Å². The molecular weight excluding hydrogens is 374 g/mol. The van der Waals surface area contributed by atoms with Gasteiger partial charge in [-0.05, 0) is 42.8 Å². The van der Waals surface area contributed by atoms with Crippen molar-refractivity contribution in [1.82, 2.24) is 0 Å². The van der Waals surface area contributed by atoms with Crippen molar-refractivity contribution in [3.63, 3.8) is 0 Å². The summed E-state index contributed by atoms with van der Waals surface area (Å²) in [5, 5.41) is 3.00. The second-order valence-corrected chi connectivity index (χ2v) is 5.93. The molecule has 0 saturated heterocycles. The zero-order valence-electron chi connectivity index (χ0n) is 15.2. The van der Waals surface area contributed by atoms with Gasteiger partial charge < -0.3 is 24.3 Å². The first kappa shape index (κ1) is 20.4. The van der Waals surface area contributed by atoms with Crippen LogP contribution in [0.15, 0.2) is 36.4 Å². The first-order chi connectivity index (χ1) is 12.9. The molecule has 0 fully saturated rings. The van der Waals surface area contributed by atoms with Gasteiger partial charge in [0, 0.05) is 5.02 Å². The molecule has 2 aromatic carbocycles. The largest absolute Gasteiger partial charge is 0.495 e. The molecule has 0 aliphatic carbocycles. The van der Waals surface area contributed by atoms with Gasteiger partial charge in [0.05, 0.1) is 19.9 Å². The highest BCUT2D eigenvalue weighted by Gasteiger charge is 2.13. The van der Waals surface area contributed by atoms with E-state index < -0.39 is 18.5 Å². The van der Waals surface area contributed by atoms with E-state index in [1.54, 1.807) is 24.3 Å². The third-order valence-corrected chi connectivity index (χ3v) is 3.70. The van der Waals surface area contributed by atoms with Crippen molar-refractivity contribution in [2.45, 2.75) is 6.92 Å². The van der Waals surface area contributed by atoms with Crippen LogP contribution >= 0.6 is 11.6 Å². The van der Waals surface area contributed by atoms with Crippen molar-refractivity contribution in [1.29, 1.82) is 0 Å². The number of ether oxygens (including phenoxy) is 4. The second-order valence-electron chi connectivity index (χ2n) is 5.50. The van der Waals surface area contributed by atoms with E-state index in [0.717, 1.165) is 5.56 Å². The van der Waals surface area contributed by atoms with Gasteiger partial charge in [0.15, 0.2) is 24.7 Å². The van der Waals surface area contributed by atoms with Gasteiger partial charge in [-0.15, -0.1) is 0 Å². The number of carbonyl (C=O) groups is 2. The molecule has 0 aliphatic heterocycles. The van der Waals surface area contributed by atoms with Crippen LogP contribution in [0.2, 0.25) is 5.02 Å². The van der Waals surface area contributed by atoms with Crippen LogP contribution < -0.4 is 19.5 Å². The first-order valence-electron chi connectivity index (χ1n) is 7.99. The molecule has 0 saturated carbocycles. The van der Waals surface area contributed by atoms with Gasteiger partial charge in [-0.3, -0.25) is 4.79 Å². The molecule has 1 amide bonds. The van der Waals surface area contributed by atoms with Gasteiger partial charge in [-0.25, -0.2) is 4.79 Å². The van der Waals surface area contributed by atoms with E-state index in [0.29, 0.717) is 28.0 Å². The number of halogens is 1. The quantitative estimate of drug-likeness (QED) is 0.693. The summed E-state index contributed by atoms with van der Waals surface area (Å²) in [6, 6.07) is 10.1. The number of hydrogen-bond donors (Lipinski definition) is 1. The summed E-state index contributed by atoms with van der Waals surface area (Å²) < 4.78 is 20.6. The fourth-order valence-corrected chi connectivity index (χ4v) is 2.35. The van der Waals surface area contributed by atoms with Crippen LogP contribution in [-0.4, -0.2) is 39.3 Å². The highest BCUT2D eigenvalue weighted by Crippen LogP contribution is 2.28. The molecule has 0 unspecified atom stereocenters. The molecule has 0 bridgehead atoms. The monoisotopic (exact) mass is 393 g/mol. The highest BCUT2D eigenvalue weighted by molar-refractivity contribution is 6.31. The van der Waals surface area contributed by atoms with E-state index in [-0.39, 0.29) is 6.61 Å². The molecule has 8 heteroatoms. The SMILES string of the molecule is COc1ccc(Cl)cc1NC(=O)COC(=O)COc1ccc(C)cc1OC. The maximum absolute atomic E-state index is 12.0. The first-order valence-corrected chi connectivity index (χ1v) is 8.37. The predicted molar refractivity (Wildman–Crippen MR) is 101 cm³/mol. The van der Waals surface area contributed by atoms with E-state index in [2.05, 4.69) is 5.32 Å². The van der Waals surface area contributed by atoms with Crippen molar-refractivity contribution in [2.24, 2.45) is 0 Å². The van der Waals surface area contributed by atoms with Crippen LogP contribution in [0.1, 0.15) is 5.56 Å². The average Bonchev–Trinajstić information content (AvgIpc) is 2.65. The van der Waals surface area contributed by atoms with Crippen molar-refractivity contribution in [2.75, 3.05) is 32.8 Å². The highest BCUT2D eigenvalue weighted by atomic mass is 35.5. The molecule has 2 aromatic rings. The molecule has 0 aliphatic rings. The van der Waals surface area contributed by atoms with Crippen LogP contribution in [0, 0.1) is 6.92 Å². The molecule has 0 spiro atoms. The minimum absolute atomic E-state index is 0.354. The predicted octanol–water partition coefficient (Wildman–Crippen LogP) is 3.23. The fraction of sp³-hybridized carbons (Fsp3) is 0.263. The minimum Gasteiger partial charge on any atom is -0.495 e. The van der Waals surface area contributed by atoms with Gasteiger partial charge in [0.1, 0.15) is 5.75 Å². The number of rotatable bonds is 8. The lowest BCUT2D eigenvalue weighted by molar-refractivity contribution is -0.149. The van der Waals surface area contributed by atoms with Crippen molar-refractivity contribution >= 4 is 29.2 Å². The van der Waals surface area contributed by atoms with Crippen LogP contribution in [0.3, 0.4) is 0 Å². The Kier molecular flexibility index (Phi) is 7.31. The summed E-state index contributed by atoms with van der Waals surface area (Å²) in [4.78, 5) is 23.8. The van der Waals surface area contributed by atoms with Gasteiger partial charge >= 0.3 is 5.97 Å². The lowest BCUT2D eigenvalue weighted by atomic mass is 10.2. The molecule has 0 radical (unpaired) electrons. The third kappa shape index (κ3) is 6.07. The lowest BCUT2D eigenvalue weighted by Gasteiger charge is -2.12. The maximum atomic E-state index is 12.0. The molecule has 7 nitrogen and oxygen atoms in total. The summed E-state index contributed by atoms with van der Waals surface area (Å²) in [7, 11) is 2.98. The second kappa shape index (κ2) is 9.68. The summed E-state index contributed by atoms with van der Waals surface area (Å²) in [5.74, 6) is 0.137. The van der Waals surface area contributed by atoms with E-state index in [4.69, 9.17) is 30.5 Å². The van der Waals surface area contributed by atoms with Gasteiger partial charge in [-0.1, -0.05) is 17.7 Å². The van der Waals surface area contributed by atoms with Gasteiger partial charge in [-0.2, -0.15) is 0 Å². The van der Waals surface area contributed by atoms with E-state index in [1.807, 2.05) is 13.0 Å². The van der Waals surface area contributed by atoms with Crippen LogP contribution in [0.5, 0.6) is 17.2 Å².